The average Bonchev–Trinajstić information content (AvgIpc) is 3.19. The molecule has 0 heteroatoms. The van der Waals surface area contributed by atoms with E-state index in [0.29, 0.717) is 10.8 Å². The Labute approximate surface area is 222 Å². The van der Waals surface area contributed by atoms with Gasteiger partial charge in [0, 0.05) is 0 Å². The molecule has 2 aromatic carbocycles. The van der Waals surface area contributed by atoms with Crippen LogP contribution in [-0.4, -0.2) is 0 Å². The van der Waals surface area contributed by atoms with Gasteiger partial charge in [0.1, 0.15) is 0 Å². The van der Waals surface area contributed by atoms with Crippen molar-refractivity contribution >= 4 is 10.8 Å². The maximum atomic E-state index is 2.75. The molecule has 0 N–H and O–H groups in total. The summed E-state index contributed by atoms with van der Waals surface area (Å²) in [7, 11) is 0. The molecule has 3 saturated carbocycles. The molecular formula is C36H52. The SMILES string of the molecule is Cc1cccc2cc3c(cc12)CC1(C)C(CCC2C1CCC1(C)C(C(C)CCCC(C)C)CCC21)C3. The molecule has 0 saturated heterocycles. The molecule has 0 aromatic heterocycles. The Balaban J connectivity index is 1.24. The first-order valence-corrected chi connectivity index (χ1v) is 15.7. The molecule has 196 valence electrons. The normalized spacial score (nSPS) is 38.4. The summed E-state index contributed by atoms with van der Waals surface area (Å²) < 4.78 is 0. The second-order valence-corrected chi connectivity index (χ2v) is 15.0. The van der Waals surface area contributed by atoms with E-state index in [2.05, 4.69) is 71.9 Å². The first-order valence-electron chi connectivity index (χ1n) is 15.7. The van der Waals surface area contributed by atoms with Crippen molar-refractivity contribution < 1.29 is 0 Å². The summed E-state index contributed by atoms with van der Waals surface area (Å²) in [4.78, 5) is 0. The Morgan fingerprint density at radius 2 is 1.67 bits per heavy atom. The van der Waals surface area contributed by atoms with Gasteiger partial charge in [-0.1, -0.05) is 84.2 Å². The van der Waals surface area contributed by atoms with E-state index in [0.717, 1.165) is 41.4 Å². The smallest absolute Gasteiger partial charge is 0.0152 e. The van der Waals surface area contributed by atoms with Crippen molar-refractivity contribution in [2.45, 2.75) is 112 Å². The lowest BCUT2D eigenvalue weighted by Crippen LogP contribution is -2.54. The van der Waals surface area contributed by atoms with Crippen molar-refractivity contribution in [2.75, 3.05) is 0 Å². The van der Waals surface area contributed by atoms with E-state index >= 15 is 0 Å². The summed E-state index contributed by atoms with van der Waals surface area (Å²) in [6.45, 7) is 15.2. The van der Waals surface area contributed by atoms with Crippen molar-refractivity contribution in [2.24, 2.45) is 52.3 Å². The van der Waals surface area contributed by atoms with E-state index in [1.165, 1.54) is 87.0 Å². The Morgan fingerprint density at radius 3 is 2.47 bits per heavy atom. The molecular weight excluding hydrogens is 432 g/mol. The van der Waals surface area contributed by atoms with E-state index in [9.17, 15) is 0 Å². The quantitative estimate of drug-likeness (QED) is 0.396. The fourth-order valence-corrected chi connectivity index (χ4v) is 10.8. The zero-order valence-corrected chi connectivity index (χ0v) is 24.2. The van der Waals surface area contributed by atoms with E-state index in [1.807, 2.05) is 0 Å². The van der Waals surface area contributed by atoms with Gasteiger partial charge in [0.05, 0.1) is 0 Å². The number of hydrogen-bond donors (Lipinski definition) is 0. The molecule has 0 amide bonds. The molecule has 2 aromatic rings. The van der Waals surface area contributed by atoms with E-state index < -0.39 is 0 Å². The third-order valence-electron chi connectivity index (χ3n) is 12.7. The van der Waals surface area contributed by atoms with Gasteiger partial charge < -0.3 is 0 Å². The molecule has 4 aliphatic rings. The highest BCUT2D eigenvalue weighted by Gasteiger charge is 2.60. The van der Waals surface area contributed by atoms with Crippen LogP contribution < -0.4 is 0 Å². The van der Waals surface area contributed by atoms with Crippen LogP contribution >= 0.6 is 0 Å². The lowest BCUT2D eigenvalue weighted by atomic mass is 9.44. The minimum atomic E-state index is 0.509. The van der Waals surface area contributed by atoms with Gasteiger partial charge in [0.15, 0.2) is 0 Å². The third kappa shape index (κ3) is 3.91. The van der Waals surface area contributed by atoms with Gasteiger partial charge in [-0.2, -0.15) is 0 Å². The molecule has 6 rings (SSSR count). The minimum Gasteiger partial charge on any atom is -0.0628 e. The largest absolute Gasteiger partial charge is 0.0628 e. The van der Waals surface area contributed by atoms with Crippen LogP contribution in [-0.2, 0) is 12.8 Å². The average molecular weight is 485 g/mol. The first kappa shape index (κ1) is 25.0. The topological polar surface area (TPSA) is 0 Å². The lowest BCUT2D eigenvalue weighted by molar-refractivity contribution is -0.103. The Morgan fingerprint density at radius 1 is 0.861 bits per heavy atom. The van der Waals surface area contributed by atoms with Crippen LogP contribution in [0.25, 0.3) is 10.8 Å². The molecule has 0 aliphatic heterocycles. The maximum Gasteiger partial charge on any atom is -0.0152 e. The molecule has 8 unspecified atom stereocenters. The fourth-order valence-electron chi connectivity index (χ4n) is 10.8. The van der Waals surface area contributed by atoms with Crippen molar-refractivity contribution in [3.05, 3.63) is 47.0 Å². The summed E-state index contributed by atoms with van der Waals surface area (Å²) >= 11 is 0. The van der Waals surface area contributed by atoms with Crippen LogP contribution in [0.2, 0.25) is 0 Å². The Bertz CT molecular complexity index is 1110. The lowest BCUT2D eigenvalue weighted by Gasteiger charge is -2.61. The molecule has 0 spiro atoms. The van der Waals surface area contributed by atoms with Crippen LogP contribution in [0.15, 0.2) is 30.3 Å². The number of aryl methyl sites for hydroxylation is 1. The Hall–Kier alpha value is -1.30. The van der Waals surface area contributed by atoms with Gasteiger partial charge in [-0.15, -0.1) is 0 Å². The van der Waals surface area contributed by atoms with Crippen molar-refractivity contribution in [1.82, 2.24) is 0 Å². The van der Waals surface area contributed by atoms with Crippen LogP contribution in [0.4, 0.5) is 0 Å². The molecule has 0 heterocycles. The molecule has 8 atom stereocenters. The van der Waals surface area contributed by atoms with Crippen molar-refractivity contribution in [3.63, 3.8) is 0 Å². The second-order valence-electron chi connectivity index (χ2n) is 15.0. The summed E-state index contributed by atoms with van der Waals surface area (Å²) in [5.41, 5.74) is 5.92. The highest BCUT2D eigenvalue weighted by molar-refractivity contribution is 5.87. The summed E-state index contributed by atoms with van der Waals surface area (Å²) in [5.74, 6) is 6.57. The summed E-state index contributed by atoms with van der Waals surface area (Å²) in [5, 5.41) is 2.95. The minimum absolute atomic E-state index is 0.509. The predicted molar refractivity (Wildman–Crippen MR) is 155 cm³/mol. The number of benzene rings is 2. The standard InChI is InChI=1S/C36H52/c1-23(2)9-7-11-25(4)32-15-16-33-30-14-13-29-20-27-19-26-12-8-10-24(3)31(26)21-28(27)22-36(29,6)34(30)17-18-35(32,33)5/h8,10,12,19,21,23,25,29-30,32-34H,7,9,11,13-18,20,22H2,1-6H3. The number of rotatable bonds is 5. The maximum absolute atomic E-state index is 2.75. The highest BCUT2D eigenvalue weighted by atomic mass is 14.6. The second kappa shape index (κ2) is 9.17. The monoisotopic (exact) mass is 484 g/mol. The number of fused-ring (bicyclic) bond motifs is 7. The van der Waals surface area contributed by atoms with Gasteiger partial charge in [0.25, 0.3) is 0 Å². The zero-order valence-electron chi connectivity index (χ0n) is 24.2. The van der Waals surface area contributed by atoms with Crippen molar-refractivity contribution in [3.8, 4) is 0 Å². The summed E-state index contributed by atoms with van der Waals surface area (Å²) in [6, 6.07) is 12.0. The molecule has 3 fully saturated rings. The molecule has 36 heavy (non-hydrogen) atoms. The fraction of sp³-hybridized carbons (Fsp3) is 0.722. The Kier molecular flexibility index (Phi) is 6.37. The van der Waals surface area contributed by atoms with Crippen LogP contribution in [0.5, 0.6) is 0 Å². The zero-order chi connectivity index (χ0) is 25.2. The number of hydrogen-bond acceptors (Lipinski definition) is 0. The summed E-state index contributed by atoms with van der Waals surface area (Å²) in [6.07, 6.45) is 16.0. The molecule has 0 nitrogen and oxygen atoms in total. The van der Waals surface area contributed by atoms with E-state index in [1.54, 1.807) is 11.1 Å². The van der Waals surface area contributed by atoms with Crippen LogP contribution in [0.1, 0.15) is 109 Å². The molecule has 0 radical (unpaired) electrons. The van der Waals surface area contributed by atoms with Crippen LogP contribution in [0.3, 0.4) is 0 Å². The molecule has 0 bridgehead atoms. The van der Waals surface area contributed by atoms with Gasteiger partial charge in [-0.3, -0.25) is 0 Å². The molecule has 4 aliphatic carbocycles. The van der Waals surface area contributed by atoms with E-state index in [4.69, 9.17) is 0 Å². The predicted octanol–water partition coefficient (Wildman–Crippen LogP) is 10.2. The van der Waals surface area contributed by atoms with Gasteiger partial charge in [-0.05, 0) is 138 Å². The third-order valence-corrected chi connectivity index (χ3v) is 12.7. The van der Waals surface area contributed by atoms with Gasteiger partial charge in [0.2, 0.25) is 0 Å². The van der Waals surface area contributed by atoms with Gasteiger partial charge >= 0.3 is 0 Å². The van der Waals surface area contributed by atoms with Crippen molar-refractivity contribution in [1.29, 1.82) is 0 Å². The van der Waals surface area contributed by atoms with Gasteiger partial charge in [-0.25, -0.2) is 0 Å². The van der Waals surface area contributed by atoms with E-state index in [-0.39, 0.29) is 0 Å². The van der Waals surface area contributed by atoms with Crippen LogP contribution in [0, 0.1) is 59.2 Å². The first-order chi connectivity index (χ1) is 17.2. The highest BCUT2D eigenvalue weighted by Crippen LogP contribution is 2.68.